The van der Waals surface area contributed by atoms with Gasteiger partial charge in [-0.1, -0.05) is 31.2 Å². The summed E-state index contributed by atoms with van der Waals surface area (Å²) in [5, 5.41) is 8.92. The van der Waals surface area contributed by atoms with Crippen molar-refractivity contribution in [2.75, 3.05) is 13.2 Å². The van der Waals surface area contributed by atoms with Crippen LogP contribution in [0, 0.1) is 5.92 Å². The fourth-order valence-electron chi connectivity index (χ4n) is 2.03. The molecule has 2 N–H and O–H groups in total. The molecular formula is C14H19NO3S. The minimum Gasteiger partial charge on any atom is -0.396 e. The van der Waals surface area contributed by atoms with Crippen molar-refractivity contribution in [3.05, 3.63) is 40.3 Å². The molecule has 0 saturated carbocycles. The van der Waals surface area contributed by atoms with Crippen molar-refractivity contribution in [3.63, 3.8) is 0 Å². The summed E-state index contributed by atoms with van der Waals surface area (Å²) in [6, 6.07) is 7.83. The van der Waals surface area contributed by atoms with Gasteiger partial charge in [0, 0.05) is 13.2 Å². The molecule has 0 amide bonds. The molecule has 1 aromatic rings. The molecule has 1 aliphatic carbocycles. The Bertz CT molecular complexity index is 578. The van der Waals surface area contributed by atoms with Crippen molar-refractivity contribution in [1.29, 1.82) is 0 Å². The number of aliphatic hydroxyl groups excluding tert-OH is 1. The van der Waals surface area contributed by atoms with Gasteiger partial charge in [-0.3, -0.25) is 0 Å². The highest BCUT2D eigenvalue weighted by Gasteiger charge is 2.21. The van der Waals surface area contributed by atoms with E-state index in [0.717, 1.165) is 12.0 Å². The molecule has 0 heterocycles. The number of aliphatic hydroxyl groups is 1. The maximum absolute atomic E-state index is 12.2. The van der Waals surface area contributed by atoms with E-state index in [0.29, 0.717) is 11.3 Å². The van der Waals surface area contributed by atoms with E-state index in [1.807, 2.05) is 24.3 Å². The fraction of sp³-hybridized carbons (Fsp3) is 0.429. The average molecular weight is 281 g/mol. The van der Waals surface area contributed by atoms with Crippen LogP contribution in [-0.2, 0) is 16.4 Å². The first kappa shape index (κ1) is 14.2. The third kappa shape index (κ3) is 3.43. The van der Waals surface area contributed by atoms with Crippen LogP contribution in [0.1, 0.15) is 24.5 Å². The lowest BCUT2D eigenvalue weighted by Gasteiger charge is -2.18. The molecule has 104 valence electrons. The molecule has 0 saturated heterocycles. The fourth-order valence-corrected chi connectivity index (χ4v) is 3.37. The van der Waals surface area contributed by atoms with Crippen LogP contribution in [-0.4, -0.2) is 26.7 Å². The summed E-state index contributed by atoms with van der Waals surface area (Å²) >= 11 is 0. The molecule has 2 rings (SSSR count). The maximum atomic E-state index is 12.2. The molecule has 0 spiro atoms. The van der Waals surface area contributed by atoms with E-state index >= 15 is 0 Å². The zero-order chi connectivity index (χ0) is 13.9. The van der Waals surface area contributed by atoms with Gasteiger partial charge in [0.25, 0.3) is 0 Å². The summed E-state index contributed by atoms with van der Waals surface area (Å²) in [6.07, 6.45) is 3.02. The van der Waals surface area contributed by atoms with Crippen LogP contribution >= 0.6 is 0 Å². The van der Waals surface area contributed by atoms with Crippen LogP contribution in [0.2, 0.25) is 0 Å². The highest BCUT2D eigenvalue weighted by Crippen LogP contribution is 2.26. The van der Waals surface area contributed by atoms with Crippen molar-refractivity contribution in [2.24, 2.45) is 5.92 Å². The molecule has 0 bridgehead atoms. The number of nitrogens with one attached hydrogen (secondary N) is 1. The Morgan fingerprint density at radius 1 is 1.32 bits per heavy atom. The number of aryl methyl sites for hydroxylation is 1. The van der Waals surface area contributed by atoms with E-state index in [1.165, 1.54) is 5.56 Å². The Kier molecular flexibility index (Phi) is 4.39. The van der Waals surface area contributed by atoms with Gasteiger partial charge in [-0.15, -0.1) is 0 Å². The van der Waals surface area contributed by atoms with Crippen molar-refractivity contribution >= 4 is 16.1 Å². The minimum absolute atomic E-state index is 0.0234. The van der Waals surface area contributed by atoms with E-state index in [9.17, 15) is 8.42 Å². The number of fused-ring (bicyclic) bond motifs is 1. The predicted octanol–water partition coefficient (Wildman–Crippen LogP) is 1.52. The monoisotopic (exact) mass is 281 g/mol. The maximum Gasteiger partial charge on any atom is 0.236 e. The Hall–Kier alpha value is -1.17. The third-order valence-electron chi connectivity index (χ3n) is 3.29. The average Bonchev–Trinajstić information content (AvgIpc) is 2.44. The molecule has 0 aromatic heterocycles. The minimum atomic E-state index is -3.43. The molecule has 1 unspecified atom stereocenters. The molecular weight excluding hydrogens is 262 g/mol. The second-order valence-corrected chi connectivity index (χ2v) is 6.77. The van der Waals surface area contributed by atoms with E-state index in [-0.39, 0.29) is 19.1 Å². The summed E-state index contributed by atoms with van der Waals surface area (Å²) in [4.78, 5) is 0.427. The zero-order valence-electron chi connectivity index (χ0n) is 11.0. The van der Waals surface area contributed by atoms with Gasteiger partial charge >= 0.3 is 0 Å². The second kappa shape index (κ2) is 5.86. The van der Waals surface area contributed by atoms with Gasteiger partial charge in [0.05, 0.1) is 4.91 Å². The number of allylic oxidation sites excluding steroid dienone is 1. The zero-order valence-corrected chi connectivity index (χ0v) is 11.8. The van der Waals surface area contributed by atoms with E-state index in [4.69, 9.17) is 5.11 Å². The summed E-state index contributed by atoms with van der Waals surface area (Å²) in [7, 11) is -3.43. The first-order valence-corrected chi connectivity index (χ1v) is 7.90. The van der Waals surface area contributed by atoms with Crippen molar-refractivity contribution in [1.82, 2.24) is 4.72 Å². The quantitative estimate of drug-likeness (QED) is 0.860. The van der Waals surface area contributed by atoms with Gasteiger partial charge in [0.1, 0.15) is 0 Å². The molecule has 1 atom stereocenters. The molecule has 19 heavy (non-hydrogen) atoms. The van der Waals surface area contributed by atoms with E-state index < -0.39 is 10.0 Å². The molecule has 1 aromatic carbocycles. The third-order valence-corrected chi connectivity index (χ3v) is 4.85. The summed E-state index contributed by atoms with van der Waals surface area (Å²) < 4.78 is 26.9. The topological polar surface area (TPSA) is 66.4 Å². The summed E-state index contributed by atoms with van der Waals surface area (Å²) in [5.74, 6) is -0.0775. The molecule has 5 heteroatoms. The highest BCUT2D eigenvalue weighted by atomic mass is 32.2. The van der Waals surface area contributed by atoms with E-state index in [1.54, 1.807) is 13.0 Å². The van der Waals surface area contributed by atoms with Crippen LogP contribution in [0.15, 0.2) is 29.2 Å². The number of benzene rings is 1. The molecule has 0 radical (unpaired) electrons. The lowest BCUT2D eigenvalue weighted by Crippen LogP contribution is -2.31. The SMILES string of the molecule is CC(CO)CNS(=O)(=O)C1=Cc2ccccc2CC1. The number of sulfonamides is 1. The summed E-state index contributed by atoms with van der Waals surface area (Å²) in [5.41, 5.74) is 2.16. The van der Waals surface area contributed by atoms with Gasteiger partial charge in [-0.25, -0.2) is 13.1 Å². The van der Waals surface area contributed by atoms with Gasteiger partial charge in [0.15, 0.2) is 0 Å². The Morgan fingerprint density at radius 3 is 2.79 bits per heavy atom. The van der Waals surface area contributed by atoms with Crippen LogP contribution in [0.4, 0.5) is 0 Å². The lowest BCUT2D eigenvalue weighted by molar-refractivity contribution is 0.238. The number of hydrogen-bond donors (Lipinski definition) is 2. The number of hydrogen-bond acceptors (Lipinski definition) is 3. The van der Waals surface area contributed by atoms with Crippen LogP contribution in [0.5, 0.6) is 0 Å². The van der Waals surface area contributed by atoms with Crippen molar-refractivity contribution in [3.8, 4) is 0 Å². The molecule has 1 aliphatic rings. The number of rotatable bonds is 5. The predicted molar refractivity (Wildman–Crippen MR) is 75.9 cm³/mol. The smallest absolute Gasteiger partial charge is 0.236 e. The molecule has 0 fully saturated rings. The first-order valence-electron chi connectivity index (χ1n) is 6.42. The highest BCUT2D eigenvalue weighted by molar-refractivity contribution is 7.93. The van der Waals surface area contributed by atoms with Gasteiger partial charge in [-0.2, -0.15) is 0 Å². The first-order chi connectivity index (χ1) is 9.03. The normalized spacial score (nSPS) is 16.6. The standard InChI is InChI=1S/C14H19NO3S/c1-11(10-16)9-15-19(17,18)14-7-6-12-4-2-3-5-13(12)8-14/h2-5,8,11,15-16H,6-7,9-10H2,1H3. The van der Waals surface area contributed by atoms with Gasteiger partial charge in [0.2, 0.25) is 10.0 Å². The Morgan fingerprint density at radius 2 is 2.05 bits per heavy atom. The van der Waals surface area contributed by atoms with Crippen LogP contribution < -0.4 is 4.72 Å². The largest absolute Gasteiger partial charge is 0.396 e. The molecule has 4 nitrogen and oxygen atoms in total. The van der Waals surface area contributed by atoms with Crippen molar-refractivity contribution in [2.45, 2.75) is 19.8 Å². The Balaban J connectivity index is 2.16. The molecule has 0 aliphatic heterocycles. The van der Waals surface area contributed by atoms with E-state index in [2.05, 4.69) is 4.72 Å². The van der Waals surface area contributed by atoms with Gasteiger partial charge < -0.3 is 5.11 Å². The van der Waals surface area contributed by atoms with Gasteiger partial charge in [-0.05, 0) is 36.0 Å². The Labute approximate surface area is 114 Å². The lowest BCUT2D eigenvalue weighted by atomic mass is 9.98. The van der Waals surface area contributed by atoms with Crippen LogP contribution in [0.3, 0.4) is 0 Å². The van der Waals surface area contributed by atoms with Crippen LogP contribution in [0.25, 0.3) is 6.08 Å². The second-order valence-electron chi connectivity index (χ2n) is 4.95. The summed E-state index contributed by atoms with van der Waals surface area (Å²) in [6.45, 7) is 2.04. The van der Waals surface area contributed by atoms with Crippen molar-refractivity contribution < 1.29 is 13.5 Å².